The largest absolute Gasteiger partial charge is 0.355 e. The number of hydrogen-bond acceptors (Lipinski definition) is 1. The van der Waals surface area contributed by atoms with Crippen LogP contribution in [0.2, 0.25) is 0 Å². The summed E-state index contributed by atoms with van der Waals surface area (Å²) in [6.07, 6.45) is 0. The fraction of sp³-hybridized carbons (Fsp3) is 0.222. The average molecular weight is 246 g/mol. The van der Waals surface area contributed by atoms with Crippen molar-refractivity contribution >= 4 is 21.8 Å². The van der Waals surface area contributed by atoms with E-state index in [2.05, 4.69) is 21.2 Å². The highest BCUT2D eigenvalue weighted by Gasteiger charge is 2.13. The summed E-state index contributed by atoms with van der Waals surface area (Å²) in [5.41, 5.74) is 0.518. The van der Waals surface area contributed by atoms with Gasteiger partial charge in [-0.3, -0.25) is 4.79 Å². The third kappa shape index (κ3) is 1.88. The standard InChI is InChI=1S/C9H9BrFNO/c1-5-7(10)4-3-6(8(5)11)9(13)12-2/h3-4H,1-2H3,(H,12,13). The molecule has 70 valence electrons. The molecule has 0 saturated carbocycles. The molecule has 1 amide bonds. The van der Waals surface area contributed by atoms with Gasteiger partial charge in [0.15, 0.2) is 0 Å². The van der Waals surface area contributed by atoms with Crippen molar-refractivity contribution in [1.82, 2.24) is 5.32 Å². The van der Waals surface area contributed by atoms with Crippen LogP contribution >= 0.6 is 15.9 Å². The highest BCUT2D eigenvalue weighted by Crippen LogP contribution is 2.21. The van der Waals surface area contributed by atoms with Gasteiger partial charge in [-0.1, -0.05) is 15.9 Å². The zero-order chi connectivity index (χ0) is 10.0. The van der Waals surface area contributed by atoms with Crippen LogP contribution in [-0.2, 0) is 0 Å². The summed E-state index contributed by atoms with van der Waals surface area (Å²) < 4.78 is 14.1. The van der Waals surface area contributed by atoms with Gasteiger partial charge in [0.2, 0.25) is 0 Å². The molecule has 0 radical (unpaired) electrons. The number of hydrogen-bond donors (Lipinski definition) is 1. The molecule has 1 N–H and O–H groups in total. The van der Waals surface area contributed by atoms with Gasteiger partial charge in [-0.05, 0) is 24.6 Å². The number of benzene rings is 1. The molecule has 0 aliphatic heterocycles. The summed E-state index contributed by atoms with van der Waals surface area (Å²) in [6.45, 7) is 1.62. The number of carbonyl (C=O) groups excluding carboxylic acids is 1. The quantitative estimate of drug-likeness (QED) is 0.809. The summed E-state index contributed by atoms with van der Waals surface area (Å²) in [5, 5.41) is 2.37. The second-order valence-corrected chi connectivity index (χ2v) is 3.47. The minimum Gasteiger partial charge on any atom is -0.355 e. The van der Waals surface area contributed by atoms with Gasteiger partial charge in [0.25, 0.3) is 5.91 Å². The Labute approximate surface area is 84.3 Å². The van der Waals surface area contributed by atoms with E-state index < -0.39 is 11.7 Å². The van der Waals surface area contributed by atoms with E-state index in [0.717, 1.165) is 0 Å². The summed E-state index contributed by atoms with van der Waals surface area (Å²) in [6, 6.07) is 3.11. The lowest BCUT2D eigenvalue weighted by atomic mass is 10.1. The van der Waals surface area contributed by atoms with Crippen LogP contribution in [0.25, 0.3) is 0 Å². The third-order valence-corrected chi connectivity index (χ3v) is 2.65. The molecular weight excluding hydrogens is 237 g/mol. The maximum atomic E-state index is 13.4. The lowest BCUT2D eigenvalue weighted by Gasteiger charge is -2.05. The molecular formula is C9H9BrFNO. The lowest BCUT2D eigenvalue weighted by molar-refractivity contribution is 0.0959. The second kappa shape index (κ2) is 3.87. The van der Waals surface area contributed by atoms with E-state index in [-0.39, 0.29) is 5.56 Å². The molecule has 0 spiro atoms. The predicted octanol–water partition coefficient (Wildman–Crippen LogP) is 2.26. The van der Waals surface area contributed by atoms with Gasteiger partial charge in [0.05, 0.1) is 5.56 Å². The normalized spacial score (nSPS) is 9.85. The number of rotatable bonds is 1. The zero-order valence-electron chi connectivity index (χ0n) is 7.32. The van der Waals surface area contributed by atoms with Crippen molar-refractivity contribution in [3.05, 3.63) is 33.5 Å². The summed E-state index contributed by atoms with van der Waals surface area (Å²) in [4.78, 5) is 11.1. The van der Waals surface area contributed by atoms with Crippen LogP contribution in [0.3, 0.4) is 0 Å². The van der Waals surface area contributed by atoms with Crippen molar-refractivity contribution in [3.63, 3.8) is 0 Å². The van der Waals surface area contributed by atoms with Crippen molar-refractivity contribution in [2.45, 2.75) is 6.92 Å². The van der Waals surface area contributed by atoms with Crippen LogP contribution in [0.5, 0.6) is 0 Å². The average Bonchev–Trinajstić information content (AvgIpc) is 2.13. The Bertz CT molecular complexity index is 352. The van der Waals surface area contributed by atoms with E-state index >= 15 is 0 Å². The van der Waals surface area contributed by atoms with Gasteiger partial charge in [0.1, 0.15) is 5.82 Å². The molecule has 0 fully saturated rings. The fourth-order valence-corrected chi connectivity index (χ4v) is 1.28. The first-order valence-electron chi connectivity index (χ1n) is 3.74. The molecule has 0 aliphatic carbocycles. The lowest BCUT2D eigenvalue weighted by Crippen LogP contribution is -2.19. The first-order valence-corrected chi connectivity index (χ1v) is 4.54. The van der Waals surface area contributed by atoms with E-state index in [1.807, 2.05) is 0 Å². The molecule has 0 aliphatic rings. The van der Waals surface area contributed by atoms with Crippen LogP contribution in [0.1, 0.15) is 15.9 Å². The molecule has 4 heteroatoms. The SMILES string of the molecule is CNC(=O)c1ccc(Br)c(C)c1F. The molecule has 0 bridgehead atoms. The van der Waals surface area contributed by atoms with Crippen LogP contribution < -0.4 is 5.32 Å². The molecule has 1 aromatic rings. The topological polar surface area (TPSA) is 29.1 Å². The van der Waals surface area contributed by atoms with Gasteiger partial charge in [-0.25, -0.2) is 4.39 Å². The van der Waals surface area contributed by atoms with Crippen molar-refractivity contribution in [1.29, 1.82) is 0 Å². The van der Waals surface area contributed by atoms with E-state index in [9.17, 15) is 9.18 Å². The van der Waals surface area contributed by atoms with Crippen molar-refractivity contribution in [2.24, 2.45) is 0 Å². The van der Waals surface area contributed by atoms with Crippen LogP contribution in [0.4, 0.5) is 4.39 Å². The van der Waals surface area contributed by atoms with Gasteiger partial charge >= 0.3 is 0 Å². The Morgan fingerprint density at radius 1 is 1.54 bits per heavy atom. The van der Waals surface area contributed by atoms with Crippen LogP contribution in [0.15, 0.2) is 16.6 Å². The Balaban J connectivity index is 3.26. The molecule has 0 saturated heterocycles. The zero-order valence-corrected chi connectivity index (χ0v) is 8.90. The fourth-order valence-electron chi connectivity index (χ4n) is 0.972. The van der Waals surface area contributed by atoms with Crippen molar-refractivity contribution in [3.8, 4) is 0 Å². The second-order valence-electron chi connectivity index (χ2n) is 2.61. The Morgan fingerprint density at radius 3 is 2.69 bits per heavy atom. The van der Waals surface area contributed by atoms with E-state index in [0.29, 0.717) is 10.0 Å². The van der Waals surface area contributed by atoms with Gasteiger partial charge in [-0.2, -0.15) is 0 Å². The highest BCUT2D eigenvalue weighted by molar-refractivity contribution is 9.10. The Hall–Kier alpha value is -0.900. The Kier molecular flexibility index (Phi) is 3.03. The molecule has 0 atom stereocenters. The molecule has 0 unspecified atom stereocenters. The molecule has 1 rings (SSSR count). The Morgan fingerprint density at radius 2 is 2.15 bits per heavy atom. The number of nitrogens with one attached hydrogen (secondary N) is 1. The maximum absolute atomic E-state index is 13.4. The minimum atomic E-state index is -0.478. The minimum absolute atomic E-state index is 0.0724. The first kappa shape index (κ1) is 10.2. The number of halogens is 2. The number of carbonyl (C=O) groups is 1. The van der Waals surface area contributed by atoms with Crippen LogP contribution in [-0.4, -0.2) is 13.0 Å². The van der Waals surface area contributed by atoms with E-state index in [4.69, 9.17) is 0 Å². The maximum Gasteiger partial charge on any atom is 0.254 e. The number of amides is 1. The van der Waals surface area contributed by atoms with Crippen molar-refractivity contribution in [2.75, 3.05) is 7.05 Å². The third-order valence-electron chi connectivity index (χ3n) is 1.79. The molecule has 1 aromatic carbocycles. The smallest absolute Gasteiger partial charge is 0.254 e. The molecule has 13 heavy (non-hydrogen) atoms. The van der Waals surface area contributed by atoms with Gasteiger partial charge < -0.3 is 5.32 Å². The molecule has 2 nitrogen and oxygen atoms in total. The van der Waals surface area contributed by atoms with Gasteiger partial charge in [0, 0.05) is 11.5 Å². The predicted molar refractivity (Wildman–Crippen MR) is 52.2 cm³/mol. The van der Waals surface area contributed by atoms with Gasteiger partial charge in [-0.15, -0.1) is 0 Å². The highest BCUT2D eigenvalue weighted by atomic mass is 79.9. The van der Waals surface area contributed by atoms with Crippen molar-refractivity contribution < 1.29 is 9.18 Å². The summed E-state index contributed by atoms with van der Waals surface area (Å²) in [5.74, 6) is -0.887. The monoisotopic (exact) mass is 245 g/mol. The van der Waals surface area contributed by atoms with E-state index in [1.165, 1.54) is 13.1 Å². The molecule has 0 aromatic heterocycles. The molecule has 0 heterocycles. The van der Waals surface area contributed by atoms with E-state index in [1.54, 1.807) is 13.0 Å². The summed E-state index contributed by atoms with van der Waals surface area (Å²) in [7, 11) is 1.47. The summed E-state index contributed by atoms with van der Waals surface area (Å²) >= 11 is 3.18. The van der Waals surface area contributed by atoms with Crippen LogP contribution in [0, 0.1) is 12.7 Å². The first-order chi connectivity index (χ1) is 6.07.